The molecule has 0 saturated heterocycles. The monoisotopic (exact) mass is 254 g/mol. The van der Waals surface area contributed by atoms with Gasteiger partial charge in [-0.3, -0.25) is 0 Å². The summed E-state index contributed by atoms with van der Waals surface area (Å²) in [5, 5.41) is 2.41. The molecule has 0 bridgehead atoms. The van der Waals surface area contributed by atoms with Gasteiger partial charge in [0.2, 0.25) is 0 Å². The molecule has 0 aliphatic rings. The molecule has 0 saturated carbocycles. The molecule has 68 valence electrons. The van der Waals surface area contributed by atoms with Crippen LogP contribution < -0.4 is 0 Å². The fourth-order valence-corrected chi connectivity index (χ4v) is 3.72. The Morgan fingerprint density at radius 2 is 2.08 bits per heavy atom. The highest BCUT2D eigenvalue weighted by atomic mass is 79.9. The molecule has 0 nitrogen and oxygen atoms in total. The second-order valence-electron chi connectivity index (χ2n) is 3.22. The van der Waals surface area contributed by atoms with Crippen LogP contribution in [0.4, 0.5) is 0 Å². The van der Waals surface area contributed by atoms with Crippen LogP contribution >= 0.6 is 27.3 Å². The van der Waals surface area contributed by atoms with Crippen LogP contribution in [0.5, 0.6) is 0 Å². The van der Waals surface area contributed by atoms with Gasteiger partial charge in [-0.25, -0.2) is 0 Å². The van der Waals surface area contributed by atoms with E-state index in [0.717, 1.165) is 5.33 Å². The van der Waals surface area contributed by atoms with Gasteiger partial charge in [-0.2, -0.15) is 0 Å². The Hall–Kier alpha value is -0.340. The summed E-state index contributed by atoms with van der Waals surface area (Å²) >= 11 is 5.44. The molecule has 0 unspecified atom stereocenters. The molecule has 0 N–H and O–H groups in total. The number of rotatable bonds is 1. The van der Waals surface area contributed by atoms with Crippen LogP contribution in [0.3, 0.4) is 0 Å². The molecule has 1 aromatic carbocycles. The smallest absolute Gasteiger partial charge is 0.0351 e. The molecule has 0 fully saturated rings. The summed E-state index contributed by atoms with van der Waals surface area (Å²) in [4.78, 5) is 1.43. The van der Waals surface area contributed by atoms with Crippen molar-refractivity contribution in [3.63, 3.8) is 0 Å². The predicted octanol–water partition coefficient (Wildman–Crippen LogP) is 4.41. The number of hydrogen-bond acceptors (Lipinski definition) is 1. The van der Waals surface area contributed by atoms with Crippen molar-refractivity contribution < 1.29 is 0 Å². The normalized spacial score (nSPS) is 11.0. The fraction of sp³-hybridized carbons (Fsp3) is 0.273. The summed E-state index contributed by atoms with van der Waals surface area (Å²) in [6, 6.07) is 6.51. The molecule has 13 heavy (non-hydrogen) atoms. The summed E-state index contributed by atoms with van der Waals surface area (Å²) in [7, 11) is 0. The summed E-state index contributed by atoms with van der Waals surface area (Å²) in [6.45, 7) is 4.38. The number of thiophene rings is 1. The average Bonchev–Trinajstić information content (AvgIpc) is 2.42. The molecule has 0 radical (unpaired) electrons. The Kier molecular flexibility index (Phi) is 2.43. The number of benzene rings is 1. The number of fused-ring (bicyclic) bond motifs is 1. The van der Waals surface area contributed by atoms with Crippen LogP contribution in [0.25, 0.3) is 10.1 Å². The third-order valence-corrected chi connectivity index (χ3v) is 4.03. The Morgan fingerprint density at radius 3 is 2.77 bits per heavy atom. The largest absolute Gasteiger partial charge is 0.140 e. The zero-order valence-electron chi connectivity index (χ0n) is 7.73. The van der Waals surface area contributed by atoms with Crippen molar-refractivity contribution in [1.29, 1.82) is 0 Å². The summed E-state index contributed by atoms with van der Waals surface area (Å²) in [5.41, 5.74) is 2.84. The van der Waals surface area contributed by atoms with Gasteiger partial charge in [0, 0.05) is 14.9 Å². The highest BCUT2D eigenvalue weighted by molar-refractivity contribution is 9.08. The lowest BCUT2D eigenvalue weighted by Crippen LogP contribution is -1.80. The number of alkyl halides is 1. The van der Waals surface area contributed by atoms with E-state index in [1.807, 2.05) is 11.3 Å². The Balaban J connectivity index is 2.88. The van der Waals surface area contributed by atoms with E-state index in [4.69, 9.17) is 0 Å². The molecule has 0 atom stereocenters. The molecule has 0 aliphatic heterocycles. The van der Waals surface area contributed by atoms with E-state index in [2.05, 4.69) is 48.0 Å². The molecule has 0 amide bonds. The second-order valence-corrected chi connectivity index (χ2v) is 5.04. The second kappa shape index (κ2) is 3.43. The molecular formula is C11H11BrS. The van der Waals surface area contributed by atoms with Gasteiger partial charge in [-0.15, -0.1) is 11.3 Å². The van der Waals surface area contributed by atoms with Crippen molar-refractivity contribution in [2.75, 3.05) is 0 Å². The summed E-state index contributed by atoms with van der Waals surface area (Å²) in [5.74, 6) is 0. The van der Waals surface area contributed by atoms with Crippen molar-refractivity contribution in [3.8, 4) is 0 Å². The van der Waals surface area contributed by atoms with Gasteiger partial charge in [-0.05, 0) is 36.4 Å². The Bertz CT molecular complexity index is 443. The van der Waals surface area contributed by atoms with Crippen molar-refractivity contribution >= 4 is 37.4 Å². The van der Waals surface area contributed by atoms with Crippen LogP contribution in [0, 0.1) is 13.8 Å². The third kappa shape index (κ3) is 1.42. The zero-order chi connectivity index (χ0) is 9.42. The van der Waals surface area contributed by atoms with Crippen LogP contribution in [-0.2, 0) is 5.33 Å². The first-order valence-corrected chi connectivity index (χ1v) is 6.21. The van der Waals surface area contributed by atoms with Crippen LogP contribution in [0.2, 0.25) is 0 Å². The van der Waals surface area contributed by atoms with Gasteiger partial charge < -0.3 is 0 Å². The van der Waals surface area contributed by atoms with E-state index >= 15 is 0 Å². The first-order valence-electron chi connectivity index (χ1n) is 4.27. The van der Waals surface area contributed by atoms with Crippen LogP contribution in [0.1, 0.15) is 16.0 Å². The summed E-state index contributed by atoms with van der Waals surface area (Å²) < 4.78 is 1.41. The molecule has 2 heteroatoms. The van der Waals surface area contributed by atoms with Crippen LogP contribution in [-0.4, -0.2) is 0 Å². The minimum absolute atomic E-state index is 0.962. The predicted molar refractivity (Wildman–Crippen MR) is 63.9 cm³/mol. The zero-order valence-corrected chi connectivity index (χ0v) is 10.1. The Labute approximate surface area is 90.7 Å². The van der Waals surface area contributed by atoms with Crippen molar-refractivity contribution in [2.45, 2.75) is 19.2 Å². The molecule has 2 aromatic rings. The maximum absolute atomic E-state index is 3.55. The lowest BCUT2D eigenvalue weighted by molar-refractivity contribution is 1.41. The SMILES string of the molecule is Cc1sc2cccc(C)c2c1CBr. The minimum Gasteiger partial charge on any atom is -0.140 e. The topological polar surface area (TPSA) is 0 Å². The van der Waals surface area contributed by atoms with Gasteiger partial charge in [-0.1, -0.05) is 28.1 Å². The van der Waals surface area contributed by atoms with E-state index in [-0.39, 0.29) is 0 Å². The van der Waals surface area contributed by atoms with Gasteiger partial charge in [0.1, 0.15) is 0 Å². The van der Waals surface area contributed by atoms with Crippen molar-refractivity contribution in [2.24, 2.45) is 0 Å². The molecule has 0 aliphatic carbocycles. The first-order chi connectivity index (χ1) is 6.24. The van der Waals surface area contributed by atoms with Gasteiger partial charge in [0.25, 0.3) is 0 Å². The molecule has 1 aromatic heterocycles. The highest BCUT2D eigenvalue weighted by Crippen LogP contribution is 2.34. The lowest BCUT2D eigenvalue weighted by atomic mass is 10.1. The Morgan fingerprint density at radius 1 is 1.31 bits per heavy atom. The van der Waals surface area contributed by atoms with E-state index < -0.39 is 0 Å². The molecule has 2 rings (SSSR count). The average molecular weight is 255 g/mol. The number of halogens is 1. The number of hydrogen-bond donors (Lipinski definition) is 0. The minimum atomic E-state index is 0.962. The van der Waals surface area contributed by atoms with E-state index in [9.17, 15) is 0 Å². The van der Waals surface area contributed by atoms with E-state index in [0.29, 0.717) is 0 Å². The van der Waals surface area contributed by atoms with Gasteiger partial charge in [0.15, 0.2) is 0 Å². The van der Waals surface area contributed by atoms with E-state index in [1.54, 1.807) is 0 Å². The molecule has 1 heterocycles. The quantitative estimate of drug-likeness (QED) is 0.662. The first kappa shape index (κ1) is 9.22. The number of aryl methyl sites for hydroxylation is 2. The maximum atomic E-state index is 3.55. The van der Waals surface area contributed by atoms with Gasteiger partial charge in [0.05, 0.1) is 0 Å². The fourth-order valence-electron chi connectivity index (χ4n) is 1.68. The summed E-state index contributed by atoms with van der Waals surface area (Å²) in [6.07, 6.45) is 0. The van der Waals surface area contributed by atoms with Crippen LogP contribution in [0.15, 0.2) is 18.2 Å². The lowest BCUT2D eigenvalue weighted by Gasteiger charge is -1.98. The van der Waals surface area contributed by atoms with Gasteiger partial charge >= 0.3 is 0 Å². The van der Waals surface area contributed by atoms with E-state index in [1.165, 1.54) is 26.1 Å². The standard InChI is InChI=1S/C11H11BrS/c1-7-4-3-5-10-11(7)9(6-12)8(2)13-10/h3-5H,6H2,1-2H3. The highest BCUT2D eigenvalue weighted by Gasteiger charge is 2.08. The van der Waals surface area contributed by atoms with Crippen molar-refractivity contribution in [3.05, 3.63) is 34.2 Å². The maximum Gasteiger partial charge on any atom is 0.0351 e. The van der Waals surface area contributed by atoms with Crippen molar-refractivity contribution in [1.82, 2.24) is 0 Å². The molecular weight excluding hydrogens is 244 g/mol. The third-order valence-electron chi connectivity index (χ3n) is 2.36. The molecule has 0 spiro atoms.